The highest BCUT2D eigenvalue weighted by Crippen LogP contribution is 2.43. The topological polar surface area (TPSA) is 74.1 Å². The molecule has 0 aromatic carbocycles. The van der Waals surface area contributed by atoms with Crippen LogP contribution in [0.1, 0.15) is 37.8 Å². The molecule has 2 atom stereocenters. The van der Waals surface area contributed by atoms with E-state index in [2.05, 4.69) is 23.8 Å². The van der Waals surface area contributed by atoms with Gasteiger partial charge in [-0.15, -0.1) is 0 Å². The Kier molecular flexibility index (Phi) is 3.20. The molecule has 0 bridgehead atoms. The van der Waals surface area contributed by atoms with Gasteiger partial charge in [0.05, 0.1) is 12.5 Å². The predicted molar refractivity (Wildman–Crippen MR) is 76.2 cm³/mol. The number of nitrogens with one attached hydrogen (secondary N) is 1. The van der Waals surface area contributed by atoms with Gasteiger partial charge in [0.1, 0.15) is 5.82 Å². The fourth-order valence-electron chi connectivity index (χ4n) is 3.23. The third-order valence-corrected chi connectivity index (χ3v) is 4.73. The maximum atomic E-state index is 10.5. The van der Waals surface area contributed by atoms with Gasteiger partial charge in [0.15, 0.2) is 0 Å². The molecular weight excluding hydrogens is 254 g/mol. The normalized spacial score (nSPS) is 19.8. The number of H-pyrrole nitrogens is 1. The van der Waals surface area contributed by atoms with Crippen molar-refractivity contribution in [3.8, 4) is 17.6 Å². The summed E-state index contributed by atoms with van der Waals surface area (Å²) in [6.07, 6.45) is 7.01. The lowest BCUT2D eigenvalue weighted by molar-refractivity contribution is 0.307. The standard InChI is InChI=1S/C15H21N3O2/c1-3-9(2)10-4-5-11-12(6-10)15(20)18(14(11)19)13-7-16-8-17-13/h7-10,19-20H,3-6H2,1-2H3,(H,16,17). The molecule has 1 aliphatic rings. The molecule has 0 fully saturated rings. The van der Waals surface area contributed by atoms with E-state index >= 15 is 0 Å². The van der Waals surface area contributed by atoms with Crippen molar-refractivity contribution in [2.75, 3.05) is 0 Å². The SMILES string of the molecule is CCC(C)C1CCc2c(c(O)n(-c3cnc[nH]3)c2O)C1. The fraction of sp³-hybridized carbons (Fsp3) is 0.533. The predicted octanol–water partition coefficient (Wildman–Crippen LogP) is 2.76. The first-order chi connectivity index (χ1) is 9.63. The lowest BCUT2D eigenvalue weighted by Gasteiger charge is -2.27. The lowest BCUT2D eigenvalue weighted by Crippen LogP contribution is -2.19. The maximum absolute atomic E-state index is 10.5. The minimum Gasteiger partial charge on any atom is -0.494 e. The number of aromatic amines is 1. The van der Waals surface area contributed by atoms with Gasteiger partial charge in [-0.25, -0.2) is 9.55 Å². The third kappa shape index (κ3) is 1.88. The second-order valence-corrected chi connectivity index (χ2v) is 5.76. The van der Waals surface area contributed by atoms with E-state index in [9.17, 15) is 10.2 Å². The smallest absolute Gasteiger partial charge is 0.203 e. The van der Waals surface area contributed by atoms with Gasteiger partial charge in [0.25, 0.3) is 0 Å². The maximum Gasteiger partial charge on any atom is 0.203 e. The summed E-state index contributed by atoms with van der Waals surface area (Å²) in [6, 6.07) is 0. The number of rotatable bonds is 3. The van der Waals surface area contributed by atoms with Crippen molar-refractivity contribution in [1.29, 1.82) is 0 Å². The van der Waals surface area contributed by atoms with Gasteiger partial charge in [-0.1, -0.05) is 20.3 Å². The van der Waals surface area contributed by atoms with Crippen LogP contribution in [0.3, 0.4) is 0 Å². The highest BCUT2D eigenvalue weighted by atomic mass is 16.3. The Labute approximate surface area is 118 Å². The Morgan fingerprint density at radius 3 is 2.80 bits per heavy atom. The number of hydrogen-bond acceptors (Lipinski definition) is 3. The van der Waals surface area contributed by atoms with Crippen molar-refractivity contribution in [3.05, 3.63) is 23.7 Å². The molecule has 0 amide bonds. The summed E-state index contributed by atoms with van der Waals surface area (Å²) in [7, 11) is 0. The summed E-state index contributed by atoms with van der Waals surface area (Å²) in [5.41, 5.74) is 1.78. The van der Waals surface area contributed by atoms with Crippen LogP contribution >= 0.6 is 0 Å². The molecule has 3 rings (SSSR count). The van der Waals surface area contributed by atoms with Crippen LogP contribution in [0.15, 0.2) is 12.5 Å². The van der Waals surface area contributed by atoms with Gasteiger partial charge in [-0.2, -0.15) is 0 Å². The van der Waals surface area contributed by atoms with Gasteiger partial charge < -0.3 is 15.2 Å². The highest BCUT2D eigenvalue weighted by molar-refractivity contribution is 5.51. The zero-order valence-corrected chi connectivity index (χ0v) is 11.9. The van der Waals surface area contributed by atoms with Gasteiger partial charge in [-0.3, -0.25) is 0 Å². The van der Waals surface area contributed by atoms with E-state index in [1.165, 1.54) is 10.9 Å². The molecule has 0 spiro atoms. The molecule has 1 aliphatic carbocycles. The number of aromatic hydroxyl groups is 2. The third-order valence-electron chi connectivity index (χ3n) is 4.73. The number of aromatic nitrogens is 3. The minimum atomic E-state index is 0.143. The molecule has 2 aromatic rings. The summed E-state index contributed by atoms with van der Waals surface area (Å²) in [5.74, 6) is 2.10. The van der Waals surface area contributed by atoms with Crippen LogP contribution in [-0.4, -0.2) is 24.7 Å². The van der Waals surface area contributed by atoms with E-state index in [0.717, 1.165) is 36.8 Å². The number of hydrogen-bond donors (Lipinski definition) is 3. The Bertz CT molecular complexity index is 601. The first-order valence-corrected chi connectivity index (χ1v) is 7.26. The molecule has 5 heteroatoms. The molecule has 0 radical (unpaired) electrons. The number of fused-ring (bicyclic) bond motifs is 1. The Hall–Kier alpha value is -1.91. The van der Waals surface area contributed by atoms with E-state index in [-0.39, 0.29) is 11.8 Å². The molecule has 5 nitrogen and oxygen atoms in total. The van der Waals surface area contributed by atoms with Crippen molar-refractivity contribution in [3.63, 3.8) is 0 Å². The molecule has 20 heavy (non-hydrogen) atoms. The summed E-state index contributed by atoms with van der Waals surface area (Å²) < 4.78 is 1.46. The first kappa shape index (κ1) is 13.1. The fourth-order valence-corrected chi connectivity index (χ4v) is 3.23. The van der Waals surface area contributed by atoms with Crippen LogP contribution in [0.25, 0.3) is 5.82 Å². The molecule has 3 N–H and O–H groups in total. The summed E-state index contributed by atoms with van der Waals surface area (Å²) >= 11 is 0. The lowest BCUT2D eigenvalue weighted by atomic mass is 9.78. The van der Waals surface area contributed by atoms with Gasteiger partial charge in [-0.05, 0) is 31.1 Å². The number of nitrogens with zero attached hydrogens (tertiary/aromatic N) is 2. The summed E-state index contributed by atoms with van der Waals surface area (Å²) in [6.45, 7) is 4.46. The van der Waals surface area contributed by atoms with E-state index in [0.29, 0.717) is 17.7 Å². The summed E-state index contributed by atoms with van der Waals surface area (Å²) in [5, 5.41) is 20.8. The number of imidazole rings is 1. The molecule has 2 aromatic heterocycles. The molecule has 108 valence electrons. The molecule has 0 saturated carbocycles. The van der Waals surface area contributed by atoms with Crippen LogP contribution in [-0.2, 0) is 12.8 Å². The van der Waals surface area contributed by atoms with Crippen molar-refractivity contribution >= 4 is 0 Å². The van der Waals surface area contributed by atoms with E-state index in [4.69, 9.17) is 0 Å². The van der Waals surface area contributed by atoms with E-state index in [1.807, 2.05) is 0 Å². The van der Waals surface area contributed by atoms with Gasteiger partial charge >= 0.3 is 0 Å². The largest absolute Gasteiger partial charge is 0.494 e. The molecule has 0 saturated heterocycles. The first-order valence-electron chi connectivity index (χ1n) is 7.26. The molecular formula is C15H21N3O2. The Balaban J connectivity index is 2.01. The Morgan fingerprint density at radius 2 is 2.15 bits per heavy atom. The average Bonchev–Trinajstić information content (AvgIpc) is 3.06. The van der Waals surface area contributed by atoms with Crippen LogP contribution in [0, 0.1) is 11.8 Å². The van der Waals surface area contributed by atoms with E-state index in [1.54, 1.807) is 6.20 Å². The average molecular weight is 275 g/mol. The molecule has 0 aliphatic heterocycles. The van der Waals surface area contributed by atoms with Crippen molar-refractivity contribution in [2.24, 2.45) is 11.8 Å². The Morgan fingerprint density at radius 1 is 1.40 bits per heavy atom. The quantitative estimate of drug-likeness (QED) is 0.806. The minimum absolute atomic E-state index is 0.143. The van der Waals surface area contributed by atoms with Crippen molar-refractivity contribution < 1.29 is 10.2 Å². The second kappa shape index (κ2) is 4.89. The highest BCUT2D eigenvalue weighted by Gasteiger charge is 2.31. The molecule has 2 heterocycles. The summed E-state index contributed by atoms with van der Waals surface area (Å²) in [4.78, 5) is 6.87. The second-order valence-electron chi connectivity index (χ2n) is 5.76. The van der Waals surface area contributed by atoms with Crippen LogP contribution in [0.2, 0.25) is 0 Å². The van der Waals surface area contributed by atoms with Gasteiger partial charge in [0.2, 0.25) is 11.8 Å². The van der Waals surface area contributed by atoms with Crippen molar-refractivity contribution in [2.45, 2.75) is 39.5 Å². The molecule has 2 unspecified atom stereocenters. The zero-order valence-electron chi connectivity index (χ0n) is 11.9. The van der Waals surface area contributed by atoms with Crippen molar-refractivity contribution in [1.82, 2.24) is 14.5 Å². The van der Waals surface area contributed by atoms with E-state index < -0.39 is 0 Å². The van der Waals surface area contributed by atoms with Crippen LogP contribution in [0.4, 0.5) is 0 Å². The zero-order chi connectivity index (χ0) is 14.3. The monoisotopic (exact) mass is 275 g/mol. The van der Waals surface area contributed by atoms with Crippen LogP contribution in [0.5, 0.6) is 11.8 Å². The van der Waals surface area contributed by atoms with Gasteiger partial charge in [0, 0.05) is 11.1 Å². The van der Waals surface area contributed by atoms with Crippen LogP contribution < -0.4 is 0 Å².